The number of carbonyl (C=O) groups is 1. The Morgan fingerprint density at radius 1 is 1.36 bits per heavy atom. The van der Waals surface area contributed by atoms with Crippen LogP contribution in [0.25, 0.3) is 0 Å². The first-order valence-corrected chi connectivity index (χ1v) is 8.36. The summed E-state index contributed by atoms with van der Waals surface area (Å²) >= 11 is 0. The molecule has 1 rings (SSSR count). The number of ether oxygens (including phenoxy) is 1. The number of nitrogens with zero attached hydrogens (tertiary/aromatic N) is 2. The summed E-state index contributed by atoms with van der Waals surface area (Å²) < 4.78 is 7.32. The quantitative estimate of drug-likeness (QED) is 0.504. The Kier molecular flexibility index (Phi) is 8.82. The first-order chi connectivity index (χ1) is 10.6. The van der Waals surface area contributed by atoms with Crippen LogP contribution < -0.4 is 0 Å². The molecule has 0 aliphatic rings. The van der Waals surface area contributed by atoms with E-state index in [1.165, 1.54) is 12.8 Å². The highest BCUT2D eigenvalue weighted by molar-refractivity contribution is 5.72. The minimum atomic E-state index is -0.258. The summed E-state index contributed by atoms with van der Waals surface area (Å²) in [6.07, 6.45) is 9.19. The number of carbonyl (C=O) groups excluding carboxylic acids is 1. The average Bonchev–Trinajstić information content (AvgIpc) is 2.91. The van der Waals surface area contributed by atoms with E-state index in [1.54, 1.807) is 12.5 Å². The van der Waals surface area contributed by atoms with Crippen molar-refractivity contribution in [2.45, 2.75) is 52.4 Å². The number of esters is 1. The molecule has 1 aromatic rings. The van der Waals surface area contributed by atoms with Gasteiger partial charge in [-0.05, 0) is 19.3 Å². The lowest BCUT2D eigenvalue weighted by molar-refractivity contribution is -0.151. The van der Waals surface area contributed by atoms with Crippen molar-refractivity contribution in [3.63, 3.8) is 0 Å². The zero-order chi connectivity index (χ0) is 16.4. The standard InChI is InChI=1S/C17H30N2O3/c1-4-6-7-8-9-22-17(21)16(5-2)14(12-20)10-15-11-18-13-19(15)3/h11,13-14,16,20H,4-10,12H2,1-3H3/t14-,16-/m0/s1. The maximum atomic E-state index is 12.3. The summed E-state index contributed by atoms with van der Waals surface area (Å²) in [5.74, 6) is -0.560. The number of hydrogen-bond donors (Lipinski definition) is 1. The second-order valence-corrected chi connectivity index (χ2v) is 5.89. The molecule has 0 aliphatic heterocycles. The minimum Gasteiger partial charge on any atom is -0.465 e. The van der Waals surface area contributed by atoms with Crippen LogP contribution >= 0.6 is 0 Å². The van der Waals surface area contributed by atoms with Gasteiger partial charge in [-0.1, -0.05) is 33.1 Å². The van der Waals surface area contributed by atoms with Crippen LogP contribution in [0.4, 0.5) is 0 Å². The van der Waals surface area contributed by atoms with Crippen molar-refractivity contribution in [2.24, 2.45) is 18.9 Å². The van der Waals surface area contributed by atoms with Crippen LogP contribution in [-0.2, 0) is 23.0 Å². The molecule has 0 unspecified atom stereocenters. The van der Waals surface area contributed by atoms with Gasteiger partial charge in [-0.25, -0.2) is 4.98 Å². The van der Waals surface area contributed by atoms with Gasteiger partial charge < -0.3 is 14.4 Å². The van der Waals surface area contributed by atoms with E-state index in [-0.39, 0.29) is 24.4 Å². The number of aliphatic hydroxyl groups excluding tert-OH is 1. The van der Waals surface area contributed by atoms with Gasteiger partial charge in [0.15, 0.2) is 0 Å². The molecule has 126 valence electrons. The molecule has 1 heterocycles. The third-order valence-corrected chi connectivity index (χ3v) is 4.18. The predicted molar refractivity (Wildman–Crippen MR) is 86.4 cm³/mol. The fourth-order valence-electron chi connectivity index (χ4n) is 2.69. The molecule has 0 saturated heterocycles. The molecular formula is C17H30N2O3. The van der Waals surface area contributed by atoms with E-state index in [9.17, 15) is 9.90 Å². The lowest BCUT2D eigenvalue weighted by Crippen LogP contribution is -2.30. The summed E-state index contributed by atoms with van der Waals surface area (Å²) in [5.41, 5.74) is 1.02. The van der Waals surface area contributed by atoms with Crippen LogP contribution in [0.5, 0.6) is 0 Å². The van der Waals surface area contributed by atoms with E-state index in [4.69, 9.17) is 4.74 Å². The van der Waals surface area contributed by atoms with Gasteiger partial charge in [-0.2, -0.15) is 0 Å². The fraction of sp³-hybridized carbons (Fsp3) is 0.765. The second-order valence-electron chi connectivity index (χ2n) is 5.89. The predicted octanol–water partition coefficient (Wildman–Crippen LogP) is 2.72. The number of aromatic nitrogens is 2. The van der Waals surface area contributed by atoms with Crippen molar-refractivity contribution in [3.05, 3.63) is 18.2 Å². The molecule has 1 N–H and O–H groups in total. The molecule has 0 fully saturated rings. The van der Waals surface area contributed by atoms with E-state index in [2.05, 4.69) is 11.9 Å². The topological polar surface area (TPSA) is 64.3 Å². The van der Waals surface area contributed by atoms with Crippen LogP contribution in [0.2, 0.25) is 0 Å². The maximum absolute atomic E-state index is 12.3. The molecule has 0 aliphatic carbocycles. The minimum absolute atomic E-state index is 0.0192. The molecule has 0 saturated carbocycles. The van der Waals surface area contributed by atoms with E-state index < -0.39 is 0 Å². The summed E-state index contributed by atoms with van der Waals surface area (Å²) in [7, 11) is 1.92. The lowest BCUT2D eigenvalue weighted by atomic mass is 9.87. The Hall–Kier alpha value is -1.36. The van der Waals surface area contributed by atoms with Gasteiger partial charge in [-0.3, -0.25) is 4.79 Å². The summed E-state index contributed by atoms with van der Waals surface area (Å²) in [6, 6.07) is 0. The molecule has 5 heteroatoms. The third kappa shape index (κ3) is 5.79. The Morgan fingerprint density at radius 2 is 2.14 bits per heavy atom. The zero-order valence-electron chi connectivity index (χ0n) is 14.1. The SMILES string of the molecule is CCCCCCOC(=O)[C@@H](CC)[C@H](CO)Cc1cncn1C. The Balaban J connectivity index is 2.51. The van der Waals surface area contributed by atoms with Crippen molar-refractivity contribution in [1.82, 2.24) is 9.55 Å². The first kappa shape index (κ1) is 18.7. The van der Waals surface area contributed by atoms with Crippen molar-refractivity contribution in [3.8, 4) is 0 Å². The highest BCUT2D eigenvalue weighted by Gasteiger charge is 2.28. The van der Waals surface area contributed by atoms with Gasteiger partial charge in [0.05, 0.1) is 18.9 Å². The van der Waals surface area contributed by atoms with Gasteiger partial charge in [0.25, 0.3) is 0 Å². The van der Waals surface area contributed by atoms with Crippen LogP contribution in [0.1, 0.15) is 51.6 Å². The van der Waals surface area contributed by atoms with Crippen molar-refractivity contribution < 1.29 is 14.6 Å². The third-order valence-electron chi connectivity index (χ3n) is 4.18. The van der Waals surface area contributed by atoms with E-state index in [0.717, 1.165) is 18.5 Å². The molecular weight excluding hydrogens is 280 g/mol. The lowest BCUT2D eigenvalue weighted by Gasteiger charge is -2.23. The monoisotopic (exact) mass is 310 g/mol. The van der Waals surface area contributed by atoms with Gasteiger partial charge >= 0.3 is 5.97 Å². The van der Waals surface area contributed by atoms with Gasteiger partial charge in [0.2, 0.25) is 0 Å². The summed E-state index contributed by atoms with van der Waals surface area (Å²) in [4.78, 5) is 16.3. The number of hydrogen-bond acceptors (Lipinski definition) is 4. The molecule has 5 nitrogen and oxygen atoms in total. The first-order valence-electron chi connectivity index (χ1n) is 8.36. The number of aliphatic hydroxyl groups is 1. The number of aryl methyl sites for hydroxylation is 1. The summed E-state index contributed by atoms with van der Waals surface area (Å²) in [6.45, 7) is 4.59. The molecule has 0 bridgehead atoms. The van der Waals surface area contributed by atoms with Gasteiger partial charge in [-0.15, -0.1) is 0 Å². The van der Waals surface area contributed by atoms with Crippen LogP contribution in [0.15, 0.2) is 12.5 Å². The molecule has 1 aromatic heterocycles. The normalized spacial score (nSPS) is 13.8. The number of rotatable bonds is 11. The van der Waals surface area contributed by atoms with Crippen LogP contribution in [0, 0.1) is 11.8 Å². The van der Waals surface area contributed by atoms with Gasteiger partial charge in [0.1, 0.15) is 0 Å². The smallest absolute Gasteiger partial charge is 0.309 e. The van der Waals surface area contributed by atoms with Crippen molar-refractivity contribution >= 4 is 5.97 Å². The molecule has 2 atom stereocenters. The highest BCUT2D eigenvalue weighted by atomic mass is 16.5. The van der Waals surface area contributed by atoms with Gasteiger partial charge in [0, 0.05) is 31.5 Å². The molecule has 0 spiro atoms. The molecule has 0 radical (unpaired) electrons. The largest absolute Gasteiger partial charge is 0.465 e. The Labute approximate surface area is 133 Å². The van der Waals surface area contributed by atoms with E-state index in [1.807, 2.05) is 18.5 Å². The Morgan fingerprint density at radius 3 is 2.68 bits per heavy atom. The second kappa shape index (κ2) is 10.4. The van der Waals surface area contributed by atoms with Crippen molar-refractivity contribution in [2.75, 3.05) is 13.2 Å². The summed E-state index contributed by atoms with van der Waals surface area (Å²) in [5, 5.41) is 9.67. The van der Waals surface area contributed by atoms with E-state index in [0.29, 0.717) is 19.4 Å². The number of unbranched alkanes of at least 4 members (excludes halogenated alkanes) is 3. The van der Waals surface area contributed by atoms with E-state index >= 15 is 0 Å². The highest BCUT2D eigenvalue weighted by Crippen LogP contribution is 2.22. The van der Waals surface area contributed by atoms with Crippen LogP contribution in [-0.4, -0.2) is 33.8 Å². The zero-order valence-corrected chi connectivity index (χ0v) is 14.1. The van der Waals surface area contributed by atoms with Crippen molar-refractivity contribution in [1.29, 1.82) is 0 Å². The molecule has 22 heavy (non-hydrogen) atoms. The van der Waals surface area contributed by atoms with Crippen LogP contribution in [0.3, 0.4) is 0 Å². The molecule has 0 aromatic carbocycles. The molecule has 0 amide bonds. The Bertz CT molecular complexity index is 431. The average molecular weight is 310 g/mol. The fourth-order valence-corrected chi connectivity index (χ4v) is 2.69. The number of imidazole rings is 1. The maximum Gasteiger partial charge on any atom is 0.309 e.